The molecule has 100 valence electrons. The Labute approximate surface area is 108 Å². The van der Waals surface area contributed by atoms with Gasteiger partial charge in [0.2, 0.25) is 5.91 Å². The summed E-state index contributed by atoms with van der Waals surface area (Å²) in [6, 6.07) is 6.45. The zero-order valence-electron chi connectivity index (χ0n) is 10.6. The number of unbranched alkanes of at least 4 members (excludes halogenated alkanes) is 2. The van der Waals surface area contributed by atoms with Gasteiger partial charge >= 0.3 is 0 Å². The van der Waals surface area contributed by atoms with Crippen LogP contribution in [0.1, 0.15) is 31.2 Å². The van der Waals surface area contributed by atoms with E-state index in [9.17, 15) is 9.18 Å². The highest BCUT2D eigenvalue weighted by Gasteiger charge is 2.01. The fourth-order valence-electron chi connectivity index (χ4n) is 1.73. The van der Waals surface area contributed by atoms with Gasteiger partial charge < -0.3 is 11.1 Å². The van der Waals surface area contributed by atoms with E-state index >= 15 is 0 Å². The number of rotatable bonds is 8. The molecule has 0 aromatic heterocycles. The Balaban J connectivity index is 2.12. The summed E-state index contributed by atoms with van der Waals surface area (Å²) in [5.74, 6) is -0.177. The van der Waals surface area contributed by atoms with Crippen LogP contribution in [0.15, 0.2) is 24.3 Å². The number of halogens is 1. The van der Waals surface area contributed by atoms with Gasteiger partial charge in [0.25, 0.3) is 0 Å². The molecule has 0 unspecified atom stereocenters. The molecule has 0 aliphatic heterocycles. The Bertz CT molecular complexity index is 369. The maximum atomic E-state index is 12.9. The lowest BCUT2D eigenvalue weighted by atomic mass is 10.1. The third-order valence-corrected chi connectivity index (χ3v) is 2.73. The van der Waals surface area contributed by atoms with Crippen LogP contribution in [0.25, 0.3) is 0 Å². The van der Waals surface area contributed by atoms with E-state index < -0.39 is 0 Å². The molecular weight excluding hydrogens is 231 g/mol. The molecule has 0 aliphatic carbocycles. The minimum Gasteiger partial charge on any atom is -0.356 e. The van der Waals surface area contributed by atoms with E-state index in [1.54, 1.807) is 6.07 Å². The van der Waals surface area contributed by atoms with Crippen LogP contribution < -0.4 is 11.1 Å². The van der Waals surface area contributed by atoms with Crippen LogP contribution in [0, 0.1) is 5.82 Å². The molecule has 0 atom stereocenters. The fourth-order valence-corrected chi connectivity index (χ4v) is 1.73. The molecule has 3 N–H and O–H groups in total. The Morgan fingerprint density at radius 1 is 1.28 bits per heavy atom. The number of nitrogens with one attached hydrogen (secondary N) is 1. The highest BCUT2D eigenvalue weighted by atomic mass is 19.1. The molecule has 1 aromatic rings. The Kier molecular flexibility index (Phi) is 7.03. The van der Waals surface area contributed by atoms with E-state index in [0.29, 0.717) is 25.9 Å². The lowest BCUT2D eigenvalue weighted by molar-refractivity contribution is -0.121. The van der Waals surface area contributed by atoms with Gasteiger partial charge in [-0.2, -0.15) is 0 Å². The first-order chi connectivity index (χ1) is 8.72. The number of hydrogen-bond donors (Lipinski definition) is 2. The van der Waals surface area contributed by atoms with Crippen molar-refractivity contribution in [2.24, 2.45) is 5.73 Å². The van der Waals surface area contributed by atoms with Crippen molar-refractivity contribution in [3.8, 4) is 0 Å². The first-order valence-electron chi connectivity index (χ1n) is 6.43. The van der Waals surface area contributed by atoms with Crippen molar-refractivity contribution in [2.45, 2.75) is 32.1 Å². The van der Waals surface area contributed by atoms with Gasteiger partial charge in [0, 0.05) is 13.0 Å². The zero-order chi connectivity index (χ0) is 13.2. The molecule has 0 saturated carbocycles. The average molecular weight is 252 g/mol. The molecule has 1 aromatic carbocycles. The summed E-state index contributed by atoms with van der Waals surface area (Å²) in [7, 11) is 0. The largest absolute Gasteiger partial charge is 0.356 e. The van der Waals surface area contributed by atoms with E-state index in [2.05, 4.69) is 5.32 Å². The molecule has 3 nitrogen and oxygen atoms in total. The first kappa shape index (κ1) is 14.6. The number of nitrogens with two attached hydrogens (primary N) is 1. The molecule has 0 aliphatic rings. The smallest absolute Gasteiger partial charge is 0.220 e. The maximum absolute atomic E-state index is 12.9. The van der Waals surface area contributed by atoms with Gasteiger partial charge in [-0.05, 0) is 43.5 Å². The van der Waals surface area contributed by atoms with Gasteiger partial charge in [0.05, 0.1) is 0 Å². The average Bonchev–Trinajstić information content (AvgIpc) is 2.35. The summed E-state index contributed by atoms with van der Waals surface area (Å²) in [6.45, 7) is 1.24. The minimum atomic E-state index is -0.236. The highest BCUT2D eigenvalue weighted by Crippen LogP contribution is 2.03. The van der Waals surface area contributed by atoms with Gasteiger partial charge in [0.15, 0.2) is 0 Å². The van der Waals surface area contributed by atoms with Crippen LogP contribution in [0.4, 0.5) is 4.39 Å². The van der Waals surface area contributed by atoms with Gasteiger partial charge in [-0.15, -0.1) is 0 Å². The van der Waals surface area contributed by atoms with Crippen LogP contribution in [0.2, 0.25) is 0 Å². The summed E-state index contributed by atoms with van der Waals surface area (Å²) in [5, 5.41) is 2.83. The van der Waals surface area contributed by atoms with E-state index in [1.165, 1.54) is 12.1 Å². The maximum Gasteiger partial charge on any atom is 0.220 e. The van der Waals surface area contributed by atoms with Crippen molar-refractivity contribution in [1.29, 1.82) is 0 Å². The summed E-state index contributed by atoms with van der Waals surface area (Å²) in [6.07, 6.45) is 4.04. The summed E-state index contributed by atoms with van der Waals surface area (Å²) in [5.41, 5.74) is 6.27. The third kappa shape index (κ3) is 6.35. The summed E-state index contributed by atoms with van der Waals surface area (Å²) < 4.78 is 12.9. The standard InChI is InChI=1S/C14H21FN2O/c15-13-6-4-5-12(11-13)8-10-17-14(18)7-2-1-3-9-16/h4-6,11H,1-3,7-10,16H2,(H,17,18). The van der Waals surface area contributed by atoms with Crippen molar-refractivity contribution in [1.82, 2.24) is 5.32 Å². The molecule has 1 amide bonds. The monoisotopic (exact) mass is 252 g/mol. The predicted octanol–water partition coefficient (Wildman–Crippen LogP) is 2.00. The van der Waals surface area contributed by atoms with Gasteiger partial charge in [-0.3, -0.25) is 4.79 Å². The van der Waals surface area contributed by atoms with Crippen molar-refractivity contribution in [3.05, 3.63) is 35.6 Å². The number of carbonyl (C=O) groups excluding carboxylic acids is 1. The number of benzene rings is 1. The number of amides is 1. The van der Waals surface area contributed by atoms with Gasteiger partial charge in [-0.25, -0.2) is 4.39 Å². The van der Waals surface area contributed by atoms with Gasteiger partial charge in [0.1, 0.15) is 5.82 Å². The normalized spacial score (nSPS) is 10.3. The summed E-state index contributed by atoms with van der Waals surface area (Å²) in [4.78, 5) is 11.4. The van der Waals surface area contributed by atoms with Crippen molar-refractivity contribution in [2.75, 3.05) is 13.1 Å². The molecular formula is C14H21FN2O. The Hall–Kier alpha value is -1.42. The van der Waals surface area contributed by atoms with Crippen molar-refractivity contribution >= 4 is 5.91 Å². The minimum absolute atomic E-state index is 0.0587. The van der Waals surface area contributed by atoms with E-state index in [-0.39, 0.29) is 11.7 Å². The second kappa shape index (κ2) is 8.64. The molecule has 0 spiro atoms. The topological polar surface area (TPSA) is 55.1 Å². The second-order valence-electron chi connectivity index (χ2n) is 4.33. The molecule has 0 saturated heterocycles. The molecule has 18 heavy (non-hydrogen) atoms. The van der Waals surface area contributed by atoms with E-state index in [4.69, 9.17) is 5.73 Å². The van der Waals surface area contributed by atoms with Crippen LogP contribution in [0.3, 0.4) is 0 Å². The van der Waals surface area contributed by atoms with Crippen molar-refractivity contribution < 1.29 is 9.18 Å². The zero-order valence-corrected chi connectivity index (χ0v) is 10.6. The Morgan fingerprint density at radius 3 is 2.83 bits per heavy atom. The molecule has 0 radical (unpaired) electrons. The molecule has 1 rings (SSSR count). The quantitative estimate of drug-likeness (QED) is 0.695. The molecule has 0 fully saturated rings. The lowest BCUT2D eigenvalue weighted by Crippen LogP contribution is -2.25. The molecule has 0 bridgehead atoms. The SMILES string of the molecule is NCCCCCC(=O)NCCc1cccc(F)c1. The second-order valence-corrected chi connectivity index (χ2v) is 4.33. The number of carbonyl (C=O) groups is 1. The van der Waals surface area contributed by atoms with Gasteiger partial charge in [-0.1, -0.05) is 18.6 Å². The molecule has 0 heterocycles. The van der Waals surface area contributed by atoms with Crippen LogP contribution in [-0.4, -0.2) is 19.0 Å². The lowest BCUT2D eigenvalue weighted by Gasteiger charge is -2.05. The van der Waals surface area contributed by atoms with Crippen LogP contribution in [0.5, 0.6) is 0 Å². The Morgan fingerprint density at radius 2 is 2.11 bits per heavy atom. The van der Waals surface area contributed by atoms with Crippen molar-refractivity contribution in [3.63, 3.8) is 0 Å². The van der Waals surface area contributed by atoms with E-state index in [1.807, 2.05) is 6.07 Å². The van der Waals surface area contributed by atoms with Crippen LogP contribution >= 0.6 is 0 Å². The summed E-state index contributed by atoms with van der Waals surface area (Å²) >= 11 is 0. The predicted molar refractivity (Wildman–Crippen MR) is 70.6 cm³/mol. The molecule has 4 heteroatoms. The van der Waals surface area contributed by atoms with Crippen LogP contribution in [-0.2, 0) is 11.2 Å². The fraction of sp³-hybridized carbons (Fsp3) is 0.500. The van der Waals surface area contributed by atoms with E-state index in [0.717, 1.165) is 24.8 Å². The first-order valence-corrected chi connectivity index (χ1v) is 6.43. The highest BCUT2D eigenvalue weighted by molar-refractivity contribution is 5.75. The number of hydrogen-bond acceptors (Lipinski definition) is 2. The third-order valence-electron chi connectivity index (χ3n) is 2.73.